The van der Waals surface area contributed by atoms with E-state index in [0.29, 0.717) is 58.3 Å². The number of nitrogens with zero attached hydrogens (tertiary/aromatic N) is 4. The van der Waals surface area contributed by atoms with Crippen LogP contribution in [0.5, 0.6) is 0 Å². The minimum absolute atomic E-state index is 0.0713. The van der Waals surface area contributed by atoms with Gasteiger partial charge in [0.25, 0.3) is 0 Å². The standard InChI is InChI=1S/C21H38N4O4S/c1-3-15-30(28,29)24-9-6-8-19(16-24)21(27)23-13-11-22(12-14-23)17-20(26)25-10-5-4-7-18(25)2/h18-19H,3-17H2,1-2H3. The second kappa shape index (κ2) is 10.4. The summed E-state index contributed by atoms with van der Waals surface area (Å²) in [6.07, 6.45) is 5.45. The fraction of sp³-hybridized carbons (Fsp3) is 0.905. The Morgan fingerprint density at radius 2 is 1.67 bits per heavy atom. The molecular formula is C21H38N4O4S. The molecule has 0 aliphatic carbocycles. The zero-order valence-electron chi connectivity index (χ0n) is 18.6. The van der Waals surface area contributed by atoms with Gasteiger partial charge in [0.15, 0.2) is 0 Å². The van der Waals surface area contributed by atoms with E-state index >= 15 is 0 Å². The lowest BCUT2D eigenvalue weighted by Gasteiger charge is -2.40. The Labute approximate surface area is 181 Å². The first kappa shape index (κ1) is 23.5. The van der Waals surface area contributed by atoms with Gasteiger partial charge >= 0.3 is 0 Å². The topological polar surface area (TPSA) is 81.2 Å². The maximum atomic E-state index is 13.0. The summed E-state index contributed by atoms with van der Waals surface area (Å²) in [4.78, 5) is 31.7. The molecule has 172 valence electrons. The Morgan fingerprint density at radius 1 is 0.933 bits per heavy atom. The number of amides is 2. The van der Waals surface area contributed by atoms with Crippen molar-refractivity contribution in [2.75, 3.05) is 58.1 Å². The molecule has 0 aromatic carbocycles. The van der Waals surface area contributed by atoms with Crippen LogP contribution < -0.4 is 0 Å². The van der Waals surface area contributed by atoms with Gasteiger partial charge in [-0.3, -0.25) is 14.5 Å². The number of hydrogen-bond donors (Lipinski definition) is 0. The highest BCUT2D eigenvalue weighted by Gasteiger charge is 2.35. The molecule has 0 N–H and O–H groups in total. The molecule has 3 heterocycles. The van der Waals surface area contributed by atoms with Crippen LogP contribution in [0.15, 0.2) is 0 Å². The van der Waals surface area contributed by atoms with Crippen molar-refractivity contribution in [2.24, 2.45) is 5.92 Å². The summed E-state index contributed by atoms with van der Waals surface area (Å²) in [5.74, 6) is 0.178. The fourth-order valence-electron chi connectivity index (χ4n) is 4.92. The Balaban J connectivity index is 1.47. The number of piperidine rings is 2. The highest BCUT2D eigenvalue weighted by atomic mass is 32.2. The van der Waals surface area contributed by atoms with Gasteiger partial charge in [-0.15, -0.1) is 0 Å². The Kier molecular flexibility index (Phi) is 8.15. The average Bonchev–Trinajstić information content (AvgIpc) is 2.74. The fourth-order valence-corrected chi connectivity index (χ4v) is 6.51. The van der Waals surface area contributed by atoms with E-state index in [9.17, 15) is 18.0 Å². The minimum Gasteiger partial charge on any atom is -0.340 e. The predicted molar refractivity (Wildman–Crippen MR) is 116 cm³/mol. The molecule has 2 amide bonds. The molecule has 0 radical (unpaired) electrons. The molecule has 0 aromatic rings. The van der Waals surface area contributed by atoms with E-state index in [0.717, 1.165) is 32.2 Å². The Hall–Kier alpha value is -1.19. The van der Waals surface area contributed by atoms with Crippen LogP contribution in [0.2, 0.25) is 0 Å². The van der Waals surface area contributed by atoms with Crippen LogP contribution in [-0.2, 0) is 19.6 Å². The van der Waals surface area contributed by atoms with E-state index in [1.54, 1.807) is 0 Å². The molecule has 30 heavy (non-hydrogen) atoms. The molecule has 0 aromatic heterocycles. The maximum Gasteiger partial charge on any atom is 0.236 e. The maximum absolute atomic E-state index is 13.0. The summed E-state index contributed by atoms with van der Waals surface area (Å²) in [5.41, 5.74) is 0. The van der Waals surface area contributed by atoms with Crippen LogP contribution in [0.3, 0.4) is 0 Å². The van der Waals surface area contributed by atoms with Crippen LogP contribution in [-0.4, -0.2) is 103 Å². The number of carbonyl (C=O) groups is 2. The van der Waals surface area contributed by atoms with Crippen LogP contribution in [0, 0.1) is 5.92 Å². The molecule has 2 atom stereocenters. The Bertz CT molecular complexity index is 706. The zero-order valence-corrected chi connectivity index (χ0v) is 19.4. The predicted octanol–water partition coefficient (Wildman–Crippen LogP) is 0.983. The van der Waals surface area contributed by atoms with Crippen LogP contribution in [0.4, 0.5) is 0 Å². The van der Waals surface area contributed by atoms with Crippen molar-refractivity contribution in [1.82, 2.24) is 19.0 Å². The first-order chi connectivity index (χ1) is 14.3. The first-order valence-corrected chi connectivity index (χ1v) is 13.2. The molecule has 0 spiro atoms. The number of rotatable bonds is 6. The first-order valence-electron chi connectivity index (χ1n) is 11.6. The third-order valence-electron chi connectivity index (χ3n) is 6.75. The van der Waals surface area contributed by atoms with Gasteiger partial charge in [0, 0.05) is 51.9 Å². The second-order valence-electron chi connectivity index (χ2n) is 9.05. The number of carbonyl (C=O) groups excluding carboxylic acids is 2. The van der Waals surface area contributed by atoms with E-state index in [1.807, 2.05) is 16.7 Å². The van der Waals surface area contributed by atoms with Gasteiger partial charge in [0.2, 0.25) is 21.8 Å². The number of likely N-dealkylation sites (tertiary alicyclic amines) is 1. The summed E-state index contributed by atoms with van der Waals surface area (Å²) in [5, 5.41) is 0. The molecule has 0 saturated carbocycles. The highest BCUT2D eigenvalue weighted by molar-refractivity contribution is 7.89. The number of piperazine rings is 1. The molecule has 0 bridgehead atoms. The lowest BCUT2D eigenvalue weighted by atomic mass is 9.97. The molecule has 3 fully saturated rings. The molecule has 3 rings (SSSR count). The smallest absolute Gasteiger partial charge is 0.236 e. The summed E-state index contributed by atoms with van der Waals surface area (Å²) < 4.78 is 26.3. The van der Waals surface area contributed by atoms with Gasteiger partial charge in [-0.25, -0.2) is 12.7 Å². The summed E-state index contributed by atoms with van der Waals surface area (Å²) >= 11 is 0. The number of sulfonamides is 1. The summed E-state index contributed by atoms with van der Waals surface area (Å²) in [6, 6.07) is 0.326. The monoisotopic (exact) mass is 442 g/mol. The zero-order chi connectivity index (χ0) is 21.7. The van der Waals surface area contributed by atoms with Gasteiger partial charge < -0.3 is 9.80 Å². The molecular weight excluding hydrogens is 404 g/mol. The van der Waals surface area contributed by atoms with E-state index in [4.69, 9.17) is 0 Å². The molecule has 2 unspecified atom stereocenters. The van der Waals surface area contributed by atoms with Crippen molar-refractivity contribution in [3.63, 3.8) is 0 Å². The van der Waals surface area contributed by atoms with Crippen molar-refractivity contribution in [3.05, 3.63) is 0 Å². The molecule has 3 saturated heterocycles. The number of hydrogen-bond acceptors (Lipinski definition) is 5. The molecule has 8 nitrogen and oxygen atoms in total. The van der Waals surface area contributed by atoms with E-state index < -0.39 is 10.0 Å². The molecule has 9 heteroatoms. The van der Waals surface area contributed by atoms with Crippen molar-refractivity contribution in [1.29, 1.82) is 0 Å². The second-order valence-corrected chi connectivity index (χ2v) is 11.1. The van der Waals surface area contributed by atoms with Gasteiger partial charge in [0.05, 0.1) is 18.2 Å². The lowest BCUT2D eigenvalue weighted by Crippen LogP contribution is -2.55. The Morgan fingerprint density at radius 3 is 2.33 bits per heavy atom. The quantitative estimate of drug-likeness (QED) is 0.613. The van der Waals surface area contributed by atoms with Crippen LogP contribution in [0.25, 0.3) is 0 Å². The summed E-state index contributed by atoms with van der Waals surface area (Å²) in [7, 11) is -3.26. The van der Waals surface area contributed by atoms with Crippen molar-refractivity contribution >= 4 is 21.8 Å². The largest absolute Gasteiger partial charge is 0.340 e. The molecule has 3 aliphatic rings. The van der Waals surface area contributed by atoms with Gasteiger partial charge in [-0.1, -0.05) is 6.92 Å². The van der Waals surface area contributed by atoms with Crippen LogP contribution >= 0.6 is 0 Å². The highest BCUT2D eigenvalue weighted by Crippen LogP contribution is 2.23. The summed E-state index contributed by atoms with van der Waals surface area (Å²) in [6.45, 7) is 8.73. The van der Waals surface area contributed by atoms with E-state index in [1.165, 1.54) is 10.7 Å². The third kappa shape index (κ3) is 5.73. The third-order valence-corrected chi connectivity index (χ3v) is 8.80. The van der Waals surface area contributed by atoms with Crippen LogP contribution in [0.1, 0.15) is 52.4 Å². The van der Waals surface area contributed by atoms with Crippen molar-refractivity contribution in [2.45, 2.75) is 58.4 Å². The van der Waals surface area contributed by atoms with E-state index in [-0.39, 0.29) is 23.5 Å². The van der Waals surface area contributed by atoms with Gasteiger partial charge in [0.1, 0.15) is 0 Å². The van der Waals surface area contributed by atoms with Crippen molar-refractivity contribution < 1.29 is 18.0 Å². The SMILES string of the molecule is CCCS(=O)(=O)N1CCCC(C(=O)N2CCN(CC(=O)N3CCCCC3C)CC2)C1. The van der Waals surface area contributed by atoms with E-state index in [2.05, 4.69) is 11.8 Å². The minimum atomic E-state index is -3.26. The van der Waals surface area contributed by atoms with Crippen molar-refractivity contribution in [3.8, 4) is 0 Å². The van der Waals surface area contributed by atoms with Gasteiger partial charge in [-0.05, 0) is 45.4 Å². The lowest BCUT2D eigenvalue weighted by molar-refractivity contribution is -0.139. The average molecular weight is 443 g/mol. The normalized spacial score (nSPS) is 27.3. The molecule has 3 aliphatic heterocycles. The van der Waals surface area contributed by atoms with Gasteiger partial charge in [-0.2, -0.15) is 0 Å².